The van der Waals surface area contributed by atoms with Gasteiger partial charge in [-0.15, -0.1) is 0 Å². The summed E-state index contributed by atoms with van der Waals surface area (Å²) in [6.45, 7) is 1.54. The number of carbonyl (C=O) groups excluding carboxylic acids is 3. The lowest BCUT2D eigenvalue weighted by atomic mass is 10.1. The van der Waals surface area contributed by atoms with Gasteiger partial charge in [0.1, 0.15) is 6.54 Å². The molecule has 0 aliphatic carbocycles. The zero-order valence-electron chi connectivity index (χ0n) is 13.8. The average Bonchev–Trinajstić information content (AvgIpc) is 2.61. The Bertz CT molecular complexity index is 820. The highest BCUT2D eigenvalue weighted by Gasteiger charge is 2.16. The standard InChI is InChI=1S/C18H17ClN2O4/c1-11-5-3-4-6-13(11)18(24)21-15-8-7-12(19)9-14(15)17(23)20-10-16(22)25-2/h3-9H,10H2,1-2H3,(H,20,23)(H,21,24). The Kier molecular flexibility index (Phi) is 6.14. The molecule has 0 aliphatic heterocycles. The van der Waals surface area contributed by atoms with E-state index < -0.39 is 11.9 Å². The zero-order valence-corrected chi connectivity index (χ0v) is 14.5. The first-order valence-electron chi connectivity index (χ1n) is 7.44. The molecule has 0 aliphatic rings. The number of esters is 1. The van der Waals surface area contributed by atoms with E-state index in [2.05, 4.69) is 15.4 Å². The second-order valence-electron chi connectivity index (χ2n) is 5.22. The summed E-state index contributed by atoms with van der Waals surface area (Å²) in [5.41, 5.74) is 1.75. The highest BCUT2D eigenvalue weighted by atomic mass is 35.5. The van der Waals surface area contributed by atoms with Gasteiger partial charge in [-0.3, -0.25) is 14.4 Å². The Labute approximate surface area is 150 Å². The molecule has 130 valence electrons. The predicted molar refractivity (Wildman–Crippen MR) is 94.9 cm³/mol. The number of halogens is 1. The van der Waals surface area contributed by atoms with Crippen molar-refractivity contribution in [3.05, 3.63) is 64.2 Å². The Hall–Kier alpha value is -2.86. The van der Waals surface area contributed by atoms with Crippen molar-refractivity contribution in [2.75, 3.05) is 19.0 Å². The molecule has 2 aromatic carbocycles. The highest BCUT2D eigenvalue weighted by molar-refractivity contribution is 6.31. The van der Waals surface area contributed by atoms with Gasteiger partial charge in [-0.1, -0.05) is 29.8 Å². The number of methoxy groups -OCH3 is 1. The summed E-state index contributed by atoms with van der Waals surface area (Å²) in [6.07, 6.45) is 0. The summed E-state index contributed by atoms with van der Waals surface area (Å²) in [7, 11) is 1.22. The first kappa shape index (κ1) is 18.5. The van der Waals surface area contributed by atoms with Crippen LogP contribution in [-0.2, 0) is 9.53 Å². The fourth-order valence-electron chi connectivity index (χ4n) is 2.15. The molecule has 0 spiro atoms. The molecular weight excluding hydrogens is 344 g/mol. The molecule has 0 aromatic heterocycles. The van der Waals surface area contributed by atoms with E-state index in [9.17, 15) is 14.4 Å². The second-order valence-corrected chi connectivity index (χ2v) is 5.65. The Morgan fingerprint density at radius 2 is 1.76 bits per heavy atom. The average molecular weight is 361 g/mol. The molecule has 0 saturated heterocycles. The van der Waals surface area contributed by atoms with Gasteiger partial charge in [0.2, 0.25) is 0 Å². The van der Waals surface area contributed by atoms with E-state index >= 15 is 0 Å². The van der Waals surface area contributed by atoms with Crippen molar-refractivity contribution in [1.82, 2.24) is 5.32 Å². The fourth-order valence-corrected chi connectivity index (χ4v) is 2.32. The van der Waals surface area contributed by atoms with Crippen LogP contribution in [0.3, 0.4) is 0 Å². The molecule has 2 rings (SSSR count). The Morgan fingerprint density at radius 3 is 2.44 bits per heavy atom. The zero-order chi connectivity index (χ0) is 18.4. The van der Waals surface area contributed by atoms with Crippen molar-refractivity contribution >= 4 is 35.1 Å². The second kappa shape index (κ2) is 8.30. The number of anilines is 1. The van der Waals surface area contributed by atoms with Gasteiger partial charge >= 0.3 is 5.97 Å². The molecule has 25 heavy (non-hydrogen) atoms. The minimum atomic E-state index is -0.583. The van der Waals surface area contributed by atoms with E-state index in [-0.39, 0.29) is 18.0 Å². The monoisotopic (exact) mass is 360 g/mol. The smallest absolute Gasteiger partial charge is 0.325 e. The number of carbonyl (C=O) groups is 3. The number of aryl methyl sites for hydroxylation is 1. The van der Waals surface area contributed by atoms with E-state index in [1.54, 1.807) is 18.2 Å². The van der Waals surface area contributed by atoms with E-state index in [1.165, 1.54) is 19.2 Å². The van der Waals surface area contributed by atoms with Gasteiger partial charge in [0, 0.05) is 10.6 Å². The third-order valence-electron chi connectivity index (χ3n) is 3.49. The van der Waals surface area contributed by atoms with Crippen LogP contribution in [0.4, 0.5) is 5.69 Å². The van der Waals surface area contributed by atoms with Crippen LogP contribution in [-0.4, -0.2) is 31.4 Å². The maximum Gasteiger partial charge on any atom is 0.325 e. The van der Waals surface area contributed by atoms with E-state index in [1.807, 2.05) is 19.1 Å². The van der Waals surface area contributed by atoms with Gasteiger partial charge in [-0.2, -0.15) is 0 Å². The minimum absolute atomic E-state index is 0.151. The molecule has 2 N–H and O–H groups in total. The lowest BCUT2D eigenvalue weighted by Gasteiger charge is -2.12. The van der Waals surface area contributed by atoms with Gasteiger partial charge in [0.05, 0.1) is 18.4 Å². The third kappa shape index (κ3) is 4.81. The van der Waals surface area contributed by atoms with Crippen molar-refractivity contribution in [2.45, 2.75) is 6.92 Å². The van der Waals surface area contributed by atoms with Crippen LogP contribution in [0, 0.1) is 6.92 Å². The Balaban J connectivity index is 2.23. The Morgan fingerprint density at radius 1 is 1.04 bits per heavy atom. The molecular formula is C18H17ClN2O4. The predicted octanol–water partition coefficient (Wildman–Crippen LogP) is 2.80. The summed E-state index contributed by atoms with van der Waals surface area (Å²) in [5.74, 6) is -1.48. The van der Waals surface area contributed by atoms with Crippen molar-refractivity contribution in [3.8, 4) is 0 Å². The number of benzene rings is 2. The quantitative estimate of drug-likeness (QED) is 0.803. The topological polar surface area (TPSA) is 84.5 Å². The van der Waals surface area contributed by atoms with Gasteiger partial charge in [0.25, 0.3) is 11.8 Å². The van der Waals surface area contributed by atoms with Crippen LogP contribution >= 0.6 is 11.6 Å². The van der Waals surface area contributed by atoms with E-state index in [4.69, 9.17) is 11.6 Å². The molecule has 0 radical (unpaired) electrons. The maximum atomic E-state index is 12.5. The molecule has 0 fully saturated rings. The summed E-state index contributed by atoms with van der Waals surface area (Å²) >= 11 is 5.95. The van der Waals surface area contributed by atoms with E-state index in [0.29, 0.717) is 16.3 Å². The van der Waals surface area contributed by atoms with Crippen LogP contribution in [0.1, 0.15) is 26.3 Å². The minimum Gasteiger partial charge on any atom is -0.468 e. The molecule has 0 unspecified atom stereocenters. The summed E-state index contributed by atoms with van der Waals surface area (Å²) in [4.78, 5) is 35.9. The van der Waals surface area contributed by atoms with Crippen molar-refractivity contribution in [3.63, 3.8) is 0 Å². The number of nitrogens with one attached hydrogen (secondary N) is 2. The van der Waals surface area contributed by atoms with Crippen LogP contribution in [0.2, 0.25) is 5.02 Å². The van der Waals surface area contributed by atoms with Crippen molar-refractivity contribution in [1.29, 1.82) is 0 Å². The number of amides is 2. The third-order valence-corrected chi connectivity index (χ3v) is 3.72. The van der Waals surface area contributed by atoms with Gasteiger partial charge < -0.3 is 15.4 Å². The lowest BCUT2D eigenvalue weighted by Crippen LogP contribution is -2.31. The lowest BCUT2D eigenvalue weighted by molar-refractivity contribution is -0.139. The number of rotatable bonds is 5. The number of ether oxygens (including phenoxy) is 1. The van der Waals surface area contributed by atoms with Crippen LogP contribution < -0.4 is 10.6 Å². The fraction of sp³-hybridized carbons (Fsp3) is 0.167. The SMILES string of the molecule is COC(=O)CNC(=O)c1cc(Cl)ccc1NC(=O)c1ccccc1C. The summed E-state index contributed by atoms with van der Waals surface area (Å²) < 4.78 is 4.48. The summed E-state index contributed by atoms with van der Waals surface area (Å²) in [5, 5.41) is 5.45. The molecule has 0 bridgehead atoms. The highest BCUT2D eigenvalue weighted by Crippen LogP contribution is 2.22. The molecule has 6 nitrogen and oxygen atoms in total. The largest absolute Gasteiger partial charge is 0.468 e. The molecule has 2 amide bonds. The van der Waals surface area contributed by atoms with Gasteiger partial charge in [-0.05, 0) is 36.8 Å². The first-order chi connectivity index (χ1) is 11.9. The number of hydrogen-bond donors (Lipinski definition) is 2. The van der Waals surface area contributed by atoms with E-state index in [0.717, 1.165) is 5.56 Å². The van der Waals surface area contributed by atoms with Gasteiger partial charge in [-0.25, -0.2) is 0 Å². The normalized spacial score (nSPS) is 10.0. The molecule has 0 saturated carbocycles. The maximum absolute atomic E-state index is 12.5. The number of hydrogen-bond acceptors (Lipinski definition) is 4. The molecule has 2 aromatic rings. The van der Waals surface area contributed by atoms with Gasteiger partial charge in [0.15, 0.2) is 0 Å². The van der Waals surface area contributed by atoms with Crippen LogP contribution in [0.5, 0.6) is 0 Å². The molecule has 0 atom stereocenters. The van der Waals surface area contributed by atoms with Crippen molar-refractivity contribution in [2.24, 2.45) is 0 Å². The molecule has 7 heteroatoms. The molecule has 0 heterocycles. The summed E-state index contributed by atoms with van der Waals surface area (Å²) in [6, 6.07) is 11.6. The van der Waals surface area contributed by atoms with Crippen LogP contribution in [0.25, 0.3) is 0 Å². The first-order valence-corrected chi connectivity index (χ1v) is 7.81. The van der Waals surface area contributed by atoms with Crippen LogP contribution in [0.15, 0.2) is 42.5 Å². The van der Waals surface area contributed by atoms with Crippen molar-refractivity contribution < 1.29 is 19.1 Å².